The Morgan fingerprint density at radius 1 is 0.609 bits per heavy atom. The smallest absolute Gasteiger partial charge is 0.356 e. The van der Waals surface area contributed by atoms with Crippen LogP contribution in [-0.2, 0) is 18.9 Å². The predicted octanol–water partition coefficient (Wildman–Crippen LogP) is 14.2. The Bertz CT molecular complexity index is 1550. The zero-order chi connectivity index (χ0) is 49.6. The number of alkyl halides is 21. The molecular formula is C39H51F21O4. The maximum absolute atomic E-state index is 16.9. The second kappa shape index (κ2) is 17.1. The van der Waals surface area contributed by atoms with E-state index in [1.807, 2.05) is 0 Å². The second-order valence-corrected chi connectivity index (χ2v) is 18.8. The topological polar surface area (TPSA) is 36.9 Å². The van der Waals surface area contributed by atoms with Crippen molar-refractivity contribution in [3.63, 3.8) is 0 Å². The van der Waals surface area contributed by atoms with Crippen LogP contribution in [-0.4, -0.2) is 91.6 Å². The lowest BCUT2D eigenvalue weighted by Gasteiger charge is -2.58. The minimum atomic E-state index is -8.37. The van der Waals surface area contributed by atoms with Gasteiger partial charge in [0.15, 0.2) is 18.2 Å². The van der Waals surface area contributed by atoms with Crippen LogP contribution >= 0.6 is 0 Å². The third-order valence-electron chi connectivity index (χ3n) is 14.6. The van der Waals surface area contributed by atoms with E-state index in [4.69, 9.17) is 14.2 Å². The average Bonchev–Trinajstić information content (AvgIpc) is 3.78. The molecule has 4 aliphatic rings. The fourth-order valence-corrected chi connectivity index (χ4v) is 11.5. The van der Waals surface area contributed by atoms with E-state index in [9.17, 15) is 43.9 Å². The lowest BCUT2D eigenvalue weighted by atomic mass is 9.52. The van der Waals surface area contributed by atoms with Gasteiger partial charge in [-0.3, -0.25) is 0 Å². The molecule has 4 fully saturated rings. The zero-order valence-corrected chi connectivity index (χ0v) is 35.3. The zero-order valence-electron chi connectivity index (χ0n) is 35.3. The van der Waals surface area contributed by atoms with Crippen LogP contribution in [0, 0.1) is 40.4 Å². The first-order valence-electron chi connectivity index (χ1n) is 20.6. The molecule has 9 unspecified atom stereocenters. The Morgan fingerprint density at radius 3 is 1.50 bits per heavy atom. The number of ether oxygens (including phenoxy) is 4. The highest BCUT2D eigenvalue weighted by molar-refractivity contribution is 5.25. The van der Waals surface area contributed by atoms with Crippen LogP contribution in [0.1, 0.15) is 112 Å². The molecule has 0 aromatic rings. The van der Waals surface area contributed by atoms with E-state index in [-0.39, 0.29) is 32.1 Å². The van der Waals surface area contributed by atoms with Crippen molar-refractivity contribution in [3.8, 4) is 0 Å². The maximum Gasteiger partial charge on any atom is 0.460 e. The first-order chi connectivity index (χ1) is 28.6. The van der Waals surface area contributed by atoms with Crippen LogP contribution in [0.2, 0.25) is 0 Å². The van der Waals surface area contributed by atoms with E-state index >= 15 is 48.3 Å². The Balaban J connectivity index is 2.03. The Kier molecular flexibility index (Phi) is 14.7. The Labute approximate surface area is 355 Å². The fourth-order valence-electron chi connectivity index (χ4n) is 11.5. The van der Waals surface area contributed by atoms with Gasteiger partial charge in [-0.2, -0.15) is 92.2 Å². The first kappa shape index (κ1) is 55.0. The number of halogens is 21. The van der Waals surface area contributed by atoms with Crippen molar-refractivity contribution in [2.75, 3.05) is 13.7 Å². The molecule has 2 bridgehead atoms. The van der Waals surface area contributed by atoms with Crippen molar-refractivity contribution in [3.05, 3.63) is 0 Å². The number of hydrogen-bond donors (Lipinski definition) is 0. The molecule has 3 saturated carbocycles. The maximum atomic E-state index is 16.9. The van der Waals surface area contributed by atoms with Crippen molar-refractivity contribution < 1.29 is 111 Å². The van der Waals surface area contributed by atoms with E-state index in [0.29, 0.717) is 0 Å². The highest BCUT2D eigenvalue weighted by atomic mass is 19.4. The minimum absolute atomic E-state index is 0.00502. The molecule has 4 rings (SSSR count). The van der Waals surface area contributed by atoms with Crippen molar-refractivity contribution in [1.29, 1.82) is 0 Å². The van der Waals surface area contributed by atoms with E-state index < -0.39 is 170 Å². The highest BCUT2D eigenvalue weighted by Gasteiger charge is 2.97. The van der Waals surface area contributed by atoms with E-state index in [1.54, 1.807) is 0 Å². The van der Waals surface area contributed by atoms with Crippen LogP contribution in [0.15, 0.2) is 0 Å². The lowest BCUT2D eigenvalue weighted by molar-refractivity contribution is -0.489. The molecule has 3 aliphatic carbocycles. The number of methoxy groups -OCH3 is 1. The van der Waals surface area contributed by atoms with Crippen LogP contribution in [0.5, 0.6) is 0 Å². The summed E-state index contributed by atoms with van der Waals surface area (Å²) in [5.41, 5.74) is -13.1. The van der Waals surface area contributed by atoms with Gasteiger partial charge >= 0.3 is 54.1 Å². The molecule has 1 saturated heterocycles. The fraction of sp³-hybridized carbons (Fsp3) is 1.00. The third kappa shape index (κ3) is 8.27. The van der Waals surface area contributed by atoms with Crippen molar-refractivity contribution in [2.24, 2.45) is 40.4 Å². The minimum Gasteiger partial charge on any atom is -0.356 e. The van der Waals surface area contributed by atoms with Crippen LogP contribution < -0.4 is 0 Å². The largest absolute Gasteiger partial charge is 0.460 e. The standard InChI is InChI=1S/C39H51F21O4/c1-7-28(5,25-12-8-10-14-29(25,37(52,53)54)63-20(2)61-6)19-27(3,4)23-17-21-16-22(23)24(18-21)30(64-26-13-9-11-15-62-26,31(40,41)33(44,45)35(48,49)38(55,56)57)32(42,43)34(46,47)36(50,51)39(58,59)60/h20-26H,7-19H2,1-6H3. The summed E-state index contributed by atoms with van der Waals surface area (Å²) in [7, 11) is 1.05. The van der Waals surface area contributed by atoms with Gasteiger partial charge in [0.2, 0.25) is 5.60 Å². The molecule has 378 valence electrons. The summed E-state index contributed by atoms with van der Waals surface area (Å²) in [6, 6.07) is 0. The van der Waals surface area contributed by atoms with Gasteiger partial charge in [-0.15, -0.1) is 0 Å². The van der Waals surface area contributed by atoms with Gasteiger partial charge in [-0.25, -0.2) is 0 Å². The molecule has 0 spiro atoms. The van der Waals surface area contributed by atoms with Crippen molar-refractivity contribution in [2.45, 2.75) is 190 Å². The number of rotatable bonds is 17. The summed E-state index contributed by atoms with van der Waals surface area (Å²) in [4.78, 5) is 0. The van der Waals surface area contributed by atoms with Crippen LogP contribution in [0.4, 0.5) is 92.2 Å². The summed E-state index contributed by atoms with van der Waals surface area (Å²) >= 11 is 0. The summed E-state index contributed by atoms with van der Waals surface area (Å²) in [5, 5.41) is 0. The van der Waals surface area contributed by atoms with Gasteiger partial charge in [0, 0.05) is 25.6 Å². The molecule has 9 atom stereocenters. The SMILES string of the molecule is CCC(C)(CC(C)(C)C1CC2CC1C(C(OC1CCCCO1)(C(F)(F)C(F)(F)C(F)(F)C(F)(F)F)C(F)(F)C(F)(F)C(F)(F)C(F)(F)F)C2)C1CCCCC1(OC(C)OC)C(F)(F)F. The summed E-state index contributed by atoms with van der Waals surface area (Å²) in [6.07, 6.45) is -31.0. The monoisotopic (exact) mass is 982 g/mol. The number of hydrogen-bond acceptors (Lipinski definition) is 4. The van der Waals surface area contributed by atoms with Crippen molar-refractivity contribution >= 4 is 0 Å². The van der Waals surface area contributed by atoms with E-state index in [0.717, 1.165) is 7.11 Å². The third-order valence-corrected chi connectivity index (χ3v) is 14.6. The molecule has 1 aliphatic heterocycles. The lowest BCUT2D eigenvalue weighted by Crippen LogP contribution is -2.82. The Hall–Kier alpha value is -1.63. The van der Waals surface area contributed by atoms with Gasteiger partial charge in [-0.1, -0.05) is 47.0 Å². The molecule has 0 amide bonds. The van der Waals surface area contributed by atoms with Crippen LogP contribution in [0.3, 0.4) is 0 Å². The molecule has 0 aromatic heterocycles. The summed E-state index contributed by atoms with van der Waals surface area (Å²) in [6.45, 7) is 5.57. The molecular weight excluding hydrogens is 931 g/mol. The number of fused-ring (bicyclic) bond motifs is 2. The van der Waals surface area contributed by atoms with Gasteiger partial charge in [0.25, 0.3) is 0 Å². The molecule has 4 nitrogen and oxygen atoms in total. The first-order valence-corrected chi connectivity index (χ1v) is 20.6. The molecule has 25 heteroatoms. The quantitative estimate of drug-likeness (QED) is 0.107. The predicted molar refractivity (Wildman–Crippen MR) is 182 cm³/mol. The summed E-state index contributed by atoms with van der Waals surface area (Å²) < 4.78 is 336. The van der Waals surface area contributed by atoms with Gasteiger partial charge in [0.1, 0.15) is 0 Å². The van der Waals surface area contributed by atoms with Gasteiger partial charge in [-0.05, 0) is 93.3 Å². The molecule has 64 heavy (non-hydrogen) atoms. The molecule has 1 heterocycles. The highest BCUT2D eigenvalue weighted by Crippen LogP contribution is 2.73. The van der Waals surface area contributed by atoms with Gasteiger partial charge < -0.3 is 18.9 Å². The normalized spacial score (nSPS) is 30.4. The van der Waals surface area contributed by atoms with E-state index in [2.05, 4.69) is 4.74 Å². The van der Waals surface area contributed by atoms with E-state index in [1.165, 1.54) is 34.6 Å². The van der Waals surface area contributed by atoms with Crippen LogP contribution in [0.25, 0.3) is 0 Å². The van der Waals surface area contributed by atoms with Crippen molar-refractivity contribution in [1.82, 2.24) is 0 Å². The molecule has 0 N–H and O–H groups in total. The Morgan fingerprint density at radius 2 is 1.09 bits per heavy atom. The molecule has 0 radical (unpaired) electrons. The summed E-state index contributed by atoms with van der Waals surface area (Å²) in [5.74, 6) is -59.9. The molecule has 0 aromatic carbocycles. The average molecular weight is 983 g/mol. The second-order valence-electron chi connectivity index (χ2n) is 18.8. The van der Waals surface area contributed by atoms with Gasteiger partial charge in [0.05, 0.1) is 0 Å².